The van der Waals surface area contributed by atoms with Crippen LogP contribution >= 0.6 is 22.9 Å². The molecule has 0 aliphatic rings. The number of aryl methyl sites for hydroxylation is 1. The Bertz CT molecular complexity index is 1700. The van der Waals surface area contributed by atoms with Gasteiger partial charge in [0.2, 0.25) is 0 Å². The molecule has 4 aromatic rings. The molecule has 9 nitrogen and oxygen atoms in total. The SMILES string of the molecule is CN[C@@H](C)C(=O)CCc1cccc(Cn2nc(CS(=O)(=O)c3ccc(Cl)s3)c3c(OC)cccc32)c1.O=C(O)C(F)(F)F. The number of hydrogen-bond acceptors (Lipinski definition) is 8. The number of likely N-dealkylation sites (N-methyl/N-ethyl adjacent to an activating group) is 1. The van der Waals surface area contributed by atoms with E-state index in [1.54, 1.807) is 31.0 Å². The summed E-state index contributed by atoms with van der Waals surface area (Å²) in [5, 5.41) is 15.5. The molecular weight excluding hydrogens is 631 g/mol. The molecule has 2 aromatic carbocycles. The number of Topliss-reactive ketones (excluding diaryl/α,β-unsaturated/α-hetero) is 1. The van der Waals surface area contributed by atoms with E-state index < -0.39 is 22.0 Å². The molecule has 232 valence electrons. The fourth-order valence-corrected chi connectivity index (χ4v) is 6.93. The first-order valence-corrected chi connectivity index (χ1v) is 15.6. The number of ether oxygens (including phenoxy) is 1. The number of carbonyl (C=O) groups excluding carboxylic acids is 1. The molecule has 0 amide bonds. The van der Waals surface area contributed by atoms with Crippen LogP contribution in [-0.2, 0) is 38.1 Å². The number of hydrogen-bond donors (Lipinski definition) is 2. The molecule has 15 heteroatoms. The molecule has 1 atom stereocenters. The number of rotatable bonds is 11. The third-order valence-corrected chi connectivity index (χ3v) is 9.80. The number of carboxylic acid groups (broad SMARTS) is 1. The Morgan fingerprint density at radius 3 is 2.37 bits per heavy atom. The number of halogens is 4. The number of methoxy groups -OCH3 is 1. The molecule has 43 heavy (non-hydrogen) atoms. The number of carboxylic acids is 1. The zero-order valence-corrected chi connectivity index (χ0v) is 25.7. The molecule has 0 spiro atoms. The predicted octanol–water partition coefficient (Wildman–Crippen LogP) is 5.52. The summed E-state index contributed by atoms with van der Waals surface area (Å²) in [5.41, 5.74) is 3.28. The summed E-state index contributed by atoms with van der Waals surface area (Å²) < 4.78 is 65.9. The minimum absolute atomic E-state index is 0.168. The van der Waals surface area contributed by atoms with Crippen LogP contribution in [0.15, 0.2) is 58.8 Å². The molecule has 0 bridgehead atoms. The van der Waals surface area contributed by atoms with Gasteiger partial charge in [-0.05, 0) is 55.8 Å². The van der Waals surface area contributed by atoms with Crippen molar-refractivity contribution in [1.82, 2.24) is 15.1 Å². The van der Waals surface area contributed by atoms with Gasteiger partial charge in [0.25, 0.3) is 0 Å². The number of aliphatic carboxylic acids is 1. The average Bonchev–Trinajstić information content (AvgIpc) is 3.55. The maximum Gasteiger partial charge on any atom is 0.490 e. The zero-order valence-electron chi connectivity index (χ0n) is 23.3. The van der Waals surface area contributed by atoms with E-state index in [1.807, 2.05) is 37.3 Å². The molecule has 0 aliphatic carbocycles. The Morgan fingerprint density at radius 2 is 1.79 bits per heavy atom. The van der Waals surface area contributed by atoms with Gasteiger partial charge in [0, 0.05) is 6.42 Å². The topological polar surface area (TPSA) is 128 Å². The molecule has 0 saturated heterocycles. The minimum Gasteiger partial charge on any atom is -0.496 e. The summed E-state index contributed by atoms with van der Waals surface area (Å²) in [5.74, 6) is -2.28. The van der Waals surface area contributed by atoms with Crippen molar-refractivity contribution in [2.24, 2.45) is 0 Å². The van der Waals surface area contributed by atoms with Crippen LogP contribution < -0.4 is 10.1 Å². The van der Waals surface area contributed by atoms with E-state index in [1.165, 1.54) is 6.07 Å². The van der Waals surface area contributed by atoms with Crippen LogP contribution in [0.4, 0.5) is 13.2 Å². The first kappa shape index (κ1) is 34.0. The van der Waals surface area contributed by atoms with E-state index >= 15 is 0 Å². The van der Waals surface area contributed by atoms with Crippen molar-refractivity contribution < 1.29 is 41.0 Å². The van der Waals surface area contributed by atoms with Gasteiger partial charge in [0.15, 0.2) is 9.84 Å². The second-order valence-corrected chi connectivity index (χ2v) is 13.3. The quantitative estimate of drug-likeness (QED) is 0.215. The van der Waals surface area contributed by atoms with Crippen molar-refractivity contribution in [2.75, 3.05) is 14.2 Å². The lowest BCUT2D eigenvalue weighted by atomic mass is 10.0. The predicted molar refractivity (Wildman–Crippen MR) is 158 cm³/mol. The Hall–Kier alpha value is -3.46. The zero-order chi connectivity index (χ0) is 31.9. The van der Waals surface area contributed by atoms with Crippen molar-refractivity contribution in [3.8, 4) is 5.75 Å². The van der Waals surface area contributed by atoms with E-state index in [0.717, 1.165) is 28.0 Å². The molecule has 2 aromatic heterocycles. The van der Waals surface area contributed by atoms with Gasteiger partial charge in [-0.2, -0.15) is 18.3 Å². The van der Waals surface area contributed by atoms with Gasteiger partial charge in [-0.25, -0.2) is 13.2 Å². The summed E-state index contributed by atoms with van der Waals surface area (Å²) in [6.07, 6.45) is -3.97. The standard InChI is InChI=1S/C26H28ClN3O4S2.C2HF3O2/c1-17(28-2)22(31)11-10-18-6-4-7-19(14-18)15-30-21-8-5-9-23(34-3)26(21)20(29-30)16-36(32,33)25-13-12-24(27)35-25;3-2(4,5)1(6)7/h4-9,12-14,17,28H,10-11,15-16H2,1-3H3;(H,6,7)/t17-;/m0./s1. The number of ketones is 1. The summed E-state index contributed by atoms with van der Waals surface area (Å²) >= 11 is 7.01. The highest BCUT2D eigenvalue weighted by Crippen LogP contribution is 2.33. The lowest BCUT2D eigenvalue weighted by Crippen LogP contribution is -2.30. The molecule has 2 heterocycles. The number of aromatic nitrogens is 2. The molecule has 0 fully saturated rings. The third-order valence-electron chi connectivity index (χ3n) is 6.36. The van der Waals surface area contributed by atoms with Crippen LogP contribution in [0.1, 0.15) is 30.2 Å². The van der Waals surface area contributed by atoms with E-state index in [9.17, 15) is 26.4 Å². The lowest BCUT2D eigenvalue weighted by Gasteiger charge is -2.10. The van der Waals surface area contributed by atoms with Crippen molar-refractivity contribution in [2.45, 2.75) is 48.5 Å². The van der Waals surface area contributed by atoms with Gasteiger partial charge >= 0.3 is 12.1 Å². The molecule has 2 N–H and O–H groups in total. The second kappa shape index (κ2) is 14.3. The van der Waals surface area contributed by atoms with Crippen molar-refractivity contribution in [3.05, 3.63) is 75.8 Å². The lowest BCUT2D eigenvalue weighted by molar-refractivity contribution is -0.192. The molecule has 4 rings (SSSR count). The molecule has 0 aliphatic heterocycles. The van der Waals surface area contributed by atoms with Crippen LogP contribution in [-0.4, -0.2) is 61.4 Å². The van der Waals surface area contributed by atoms with Crippen LogP contribution in [0, 0.1) is 0 Å². The van der Waals surface area contributed by atoms with E-state index in [4.69, 9.17) is 31.3 Å². The Morgan fingerprint density at radius 1 is 1.14 bits per heavy atom. The van der Waals surface area contributed by atoms with Gasteiger partial charge in [0.1, 0.15) is 21.5 Å². The first-order valence-electron chi connectivity index (χ1n) is 12.7. The maximum absolute atomic E-state index is 13.1. The van der Waals surface area contributed by atoms with Gasteiger partial charge in [-0.3, -0.25) is 9.48 Å². The van der Waals surface area contributed by atoms with E-state index in [-0.39, 0.29) is 21.8 Å². The first-order chi connectivity index (χ1) is 20.2. The van der Waals surface area contributed by atoms with Crippen LogP contribution in [0.2, 0.25) is 4.34 Å². The smallest absolute Gasteiger partial charge is 0.490 e. The number of fused-ring (bicyclic) bond motifs is 1. The number of nitrogens with one attached hydrogen (secondary N) is 1. The van der Waals surface area contributed by atoms with Crippen LogP contribution in [0.5, 0.6) is 5.75 Å². The molecule has 0 unspecified atom stereocenters. The van der Waals surface area contributed by atoms with Crippen LogP contribution in [0.25, 0.3) is 10.9 Å². The number of thiophene rings is 1. The largest absolute Gasteiger partial charge is 0.496 e. The number of sulfone groups is 1. The Balaban J connectivity index is 0.000000646. The van der Waals surface area contributed by atoms with Crippen molar-refractivity contribution in [3.63, 3.8) is 0 Å². The Labute approximate surface area is 255 Å². The van der Waals surface area contributed by atoms with Gasteiger partial charge < -0.3 is 15.2 Å². The highest BCUT2D eigenvalue weighted by molar-refractivity contribution is 7.92. The molecular formula is C28H29ClF3N3O6S2. The number of benzene rings is 2. The number of alkyl halides is 3. The monoisotopic (exact) mass is 659 g/mol. The number of nitrogens with zero attached hydrogens (tertiary/aromatic N) is 2. The van der Waals surface area contributed by atoms with E-state index in [0.29, 0.717) is 40.6 Å². The average molecular weight is 660 g/mol. The van der Waals surface area contributed by atoms with Crippen molar-refractivity contribution in [1.29, 1.82) is 0 Å². The minimum atomic E-state index is -5.08. The highest BCUT2D eigenvalue weighted by Gasteiger charge is 2.38. The third kappa shape index (κ3) is 9.02. The summed E-state index contributed by atoms with van der Waals surface area (Å²) in [7, 11) is -0.296. The molecule has 0 radical (unpaired) electrons. The summed E-state index contributed by atoms with van der Waals surface area (Å²) in [6.45, 7) is 2.31. The summed E-state index contributed by atoms with van der Waals surface area (Å²) in [6, 6.07) is 16.5. The van der Waals surface area contributed by atoms with Crippen LogP contribution in [0.3, 0.4) is 0 Å². The van der Waals surface area contributed by atoms with Gasteiger partial charge in [0.05, 0.1) is 40.6 Å². The normalized spacial score (nSPS) is 12.4. The van der Waals surface area contributed by atoms with Crippen molar-refractivity contribution >= 4 is 55.4 Å². The molecule has 0 saturated carbocycles. The maximum atomic E-state index is 13.1. The van der Waals surface area contributed by atoms with E-state index in [2.05, 4.69) is 11.4 Å². The number of carbonyl (C=O) groups is 2. The fourth-order valence-electron chi connectivity index (χ4n) is 4.08. The Kier molecular flexibility index (Phi) is 11.4. The fraction of sp³-hybridized carbons (Fsp3) is 0.321. The van der Waals surface area contributed by atoms with Gasteiger partial charge in [-0.1, -0.05) is 41.9 Å². The van der Waals surface area contributed by atoms with Gasteiger partial charge in [-0.15, -0.1) is 11.3 Å². The summed E-state index contributed by atoms with van der Waals surface area (Å²) in [4.78, 5) is 21.1. The second-order valence-electron chi connectivity index (χ2n) is 9.38. The highest BCUT2D eigenvalue weighted by atomic mass is 35.5.